The lowest BCUT2D eigenvalue weighted by atomic mass is 10.1. The molecule has 0 bridgehead atoms. The van der Waals surface area contributed by atoms with Gasteiger partial charge in [0.15, 0.2) is 0 Å². The first-order chi connectivity index (χ1) is 6.94. The van der Waals surface area contributed by atoms with Gasteiger partial charge in [0.25, 0.3) is 5.92 Å². The van der Waals surface area contributed by atoms with E-state index in [2.05, 4.69) is 5.32 Å². The largest absolute Gasteiger partial charge is 0.390 e. The van der Waals surface area contributed by atoms with Crippen LogP contribution in [0.3, 0.4) is 0 Å². The average molecular weight is 222 g/mol. The highest BCUT2D eigenvalue weighted by Gasteiger charge is 2.32. The first kappa shape index (κ1) is 12.3. The molecule has 1 rings (SSSR count). The van der Waals surface area contributed by atoms with Gasteiger partial charge in [0.1, 0.15) is 6.61 Å². The van der Waals surface area contributed by atoms with Gasteiger partial charge in [-0.1, -0.05) is 0 Å². The third kappa shape index (κ3) is 3.71. The lowest BCUT2D eigenvalue weighted by Crippen LogP contribution is -2.41. The van der Waals surface area contributed by atoms with Crippen LogP contribution in [-0.2, 0) is 4.79 Å². The molecule has 1 fully saturated rings. The first-order valence-electron chi connectivity index (χ1n) is 4.96. The zero-order chi connectivity index (χ0) is 11.5. The predicted molar refractivity (Wildman–Crippen MR) is 50.4 cm³/mol. The third-order valence-electron chi connectivity index (χ3n) is 2.60. The molecule has 1 saturated carbocycles. The Balaban J connectivity index is 2.30. The summed E-state index contributed by atoms with van der Waals surface area (Å²) in [5.74, 6) is -3.89. The Kier molecular flexibility index (Phi) is 3.98. The smallest absolute Gasteiger partial charge is 0.287 e. The molecule has 1 aliphatic rings. The predicted octanol–water partition coefficient (Wildman–Crippen LogP) is -0.142. The number of nitrogens with two attached hydrogens (primary N) is 1. The summed E-state index contributed by atoms with van der Waals surface area (Å²) in [6.07, 6.45) is 1.96. The van der Waals surface area contributed by atoms with Crippen molar-refractivity contribution in [2.75, 3.05) is 13.2 Å². The molecule has 0 aromatic heterocycles. The van der Waals surface area contributed by atoms with Gasteiger partial charge in [0, 0.05) is 12.0 Å². The Bertz CT molecular complexity index is 236. The molecule has 0 radical (unpaired) electrons. The van der Waals surface area contributed by atoms with Crippen molar-refractivity contribution in [2.24, 2.45) is 11.7 Å². The van der Waals surface area contributed by atoms with Crippen molar-refractivity contribution >= 4 is 5.91 Å². The lowest BCUT2D eigenvalue weighted by molar-refractivity contribution is -0.127. The minimum Gasteiger partial charge on any atom is -0.390 e. The molecule has 1 aliphatic carbocycles. The number of carbonyl (C=O) groups is 1. The summed E-state index contributed by atoms with van der Waals surface area (Å²) >= 11 is 0. The highest BCUT2D eigenvalue weighted by atomic mass is 19.3. The molecule has 4 nitrogen and oxygen atoms in total. The average Bonchev–Trinajstić information content (AvgIpc) is 2.61. The van der Waals surface area contributed by atoms with Crippen LogP contribution in [0.2, 0.25) is 0 Å². The molecule has 0 aromatic rings. The molecule has 1 amide bonds. The number of aliphatic hydroxyl groups excluding tert-OH is 1. The minimum atomic E-state index is -3.24. The van der Waals surface area contributed by atoms with Crippen molar-refractivity contribution in [2.45, 2.75) is 31.2 Å². The fraction of sp³-hybridized carbons (Fsp3) is 0.889. The molecular weight excluding hydrogens is 206 g/mol. The van der Waals surface area contributed by atoms with E-state index in [0.717, 1.165) is 6.42 Å². The third-order valence-corrected chi connectivity index (χ3v) is 2.60. The van der Waals surface area contributed by atoms with Gasteiger partial charge in [0.2, 0.25) is 5.91 Å². The number of nitrogens with one attached hydrogen (secondary N) is 1. The molecule has 0 spiro atoms. The van der Waals surface area contributed by atoms with Crippen molar-refractivity contribution in [3.8, 4) is 0 Å². The van der Waals surface area contributed by atoms with Crippen molar-refractivity contribution < 1.29 is 18.7 Å². The Morgan fingerprint density at radius 3 is 2.67 bits per heavy atom. The van der Waals surface area contributed by atoms with Crippen molar-refractivity contribution in [1.82, 2.24) is 5.32 Å². The molecule has 2 unspecified atom stereocenters. The second-order valence-corrected chi connectivity index (χ2v) is 4.00. The maximum Gasteiger partial charge on any atom is 0.287 e. The number of halogens is 2. The summed E-state index contributed by atoms with van der Waals surface area (Å²) in [4.78, 5) is 11.4. The van der Waals surface area contributed by atoms with Gasteiger partial charge in [-0.15, -0.1) is 0 Å². The van der Waals surface area contributed by atoms with Crippen LogP contribution < -0.4 is 11.1 Å². The second-order valence-electron chi connectivity index (χ2n) is 4.00. The van der Waals surface area contributed by atoms with E-state index in [1.807, 2.05) is 0 Å². The number of hydrogen-bond donors (Lipinski definition) is 3. The van der Waals surface area contributed by atoms with Gasteiger partial charge in [-0.05, 0) is 19.3 Å². The van der Waals surface area contributed by atoms with E-state index >= 15 is 0 Å². The number of alkyl halides is 2. The Labute approximate surface area is 86.8 Å². The highest BCUT2D eigenvalue weighted by Crippen LogP contribution is 2.24. The first-order valence-corrected chi connectivity index (χ1v) is 4.96. The normalized spacial score (nSPS) is 26.7. The molecule has 88 valence electrons. The number of aliphatic hydroxyl groups is 1. The number of carbonyl (C=O) groups excluding carboxylic acids is 1. The summed E-state index contributed by atoms with van der Waals surface area (Å²) < 4.78 is 25.2. The van der Waals surface area contributed by atoms with E-state index in [9.17, 15) is 13.6 Å². The molecule has 0 aromatic carbocycles. The number of rotatable bonds is 4. The summed E-state index contributed by atoms with van der Waals surface area (Å²) in [5, 5.41) is 10.4. The van der Waals surface area contributed by atoms with E-state index in [1.165, 1.54) is 0 Å². The fourth-order valence-corrected chi connectivity index (χ4v) is 1.67. The van der Waals surface area contributed by atoms with Gasteiger partial charge < -0.3 is 16.2 Å². The number of hydrogen-bond acceptors (Lipinski definition) is 3. The molecule has 0 saturated heterocycles. The van der Waals surface area contributed by atoms with Crippen LogP contribution in [0.1, 0.15) is 19.3 Å². The fourth-order valence-electron chi connectivity index (χ4n) is 1.67. The van der Waals surface area contributed by atoms with Gasteiger partial charge >= 0.3 is 0 Å². The number of amides is 1. The van der Waals surface area contributed by atoms with Crippen LogP contribution in [0, 0.1) is 5.92 Å². The van der Waals surface area contributed by atoms with Crippen LogP contribution >= 0.6 is 0 Å². The molecule has 6 heteroatoms. The van der Waals surface area contributed by atoms with Crippen molar-refractivity contribution in [3.63, 3.8) is 0 Å². The van der Waals surface area contributed by atoms with Crippen LogP contribution in [0.25, 0.3) is 0 Å². The van der Waals surface area contributed by atoms with Crippen molar-refractivity contribution in [3.05, 3.63) is 0 Å². The standard InChI is InChI=1S/C9H16F2N2O2/c10-9(11,5-14)4-13-8(15)6-1-2-7(12)3-6/h6-7,14H,1-5,12H2,(H,13,15). The molecular formula is C9H16F2N2O2. The Morgan fingerprint density at radius 1 is 1.53 bits per heavy atom. The summed E-state index contributed by atoms with van der Waals surface area (Å²) in [5.41, 5.74) is 5.60. The van der Waals surface area contributed by atoms with E-state index in [4.69, 9.17) is 10.8 Å². The van der Waals surface area contributed by atoms with Gasteiger partial charge in [-0.25, -0.2) is 8.78 Å². The van der Waals surface area contributed by atoms with Gasteiger partial charge in [-0.3, -0.25) is 4.79 Å². The van der Waals surface area contributed by atoms with Crippen LogP contribution in [-0.4, -0.2) is 36.1 Å². The molecule has 0 heterocycles. The van der Waals surface area contributed by atoms with Gasteiger partial charge in [-0.2, -0.15) is 0 Å². The minimum absolute atomic E-state index is 0.000831. The maximum absolute atomic E-state index is 12.6. The van der Waals surface area contributed by atoms with E-state index in [-0.39, 0.29) is 12.0 Å². The quantitative estimate of drug-likeness (QED) is 0.619. The summed E-state index contributed by atoms with van der Waals surface area (Å²) in [6, 6.07) is -0.000831. The molecule has 0 aliphatic heterocycles. The topological polar surface area (TPSA) is 75.4 Å². The molecule has 15 heavy (non-hydrogen) atoms. The van der Waals surface area contributed by atoms with E-state index in [0.29, 0.717) is 12.8 Å². The SMILES string of the molecule is NC1CCC(C(=O)NCC(F)(F)CO)C1. The van der Waals surface area contributed by atoms with Crippen LogP contribution in [0.5, 0.6) is 0 Å². The monoisotopic (exact) mass is 222 g/mol. The zero-order valence-corrected chi connectivity index (χ0v) is 8.38. The summed E-state index contributed by atoms with van der Waals surface area (Å²) in [7, 11) is 0. The Morgan fingerprint density at radius 2 is 2.20 bits per heavy atom. The Hall–Kier alpha value is -0.750. The van der Waals surface area contributed by atoms with Crippen LogP contribution in [0.15, 0.2) is 0 Å². The lowest BCUT2D eigenvalue weighted by Gasteiger charge is -2.16. The maximum atomic E-state index is 12.6. The second kappa shape index (κ2) is 4.85. The van der Waals surface area contributed by atoms with Crippen LogP contribution in [0.4, 0.5) is 8.78 Å². The zero-order valence-electron chi connectivity index (χ0n) is 8.38. The molecule has 2 atom stereocenters. The summed E-state index contributed by atoms with van der Waals surface area (Å²) in [6.45, 7) is -2.06. The molecule has 4 N–H and O–H groups in total. The van der Waals surface area contributed by atoms with Crippen molar-refractivity contribution in [1.29, 1.82) is 0 Å². The van der Waals surface area contributed by atoms with E-state index in [1.54, 1.807) is 0 Å². The highest BCUT2D eigenvalue weighted by molar-refractivity contribution is 5.79. The van der Waals surface area contributed by atoms with E-state index < -0.39 is 25.0 Å². The van der Waals surface area contributed by atoms with Gasteiger partial charge in [0.05, 0.1) is 6.54 Å².